The predicted octanol–water partition coefficient (Wildman–Crippen LogP) is 26.8. The van der Waals surface area contributed by atoms with Gasteiger partial charge in [-0.3, -0.25) is 19.9 Å². The van der Waals surface area contributed by atoms with Gasteiger partial charge in [-0.05, 0) is 222 Å². The van der Waals surface area contributed by atoms with Gasteiger partial charge in [-0.25, -0.2) is 18.3 Å². The van der Waals surface area contributed by atoms with E-state index in [4.69, 9.17) is 83.5 Å². The van der Waals surface area contributed by atoms with Crippen LogP contribution in [0.3, 0.4) is 0 Å². The van der Waals surface area contributed by atoms with Gasteiger partial charge in [0.1, 0.15) is 67.2 Å². The molecule has 0 unspecified atom stereocenters. The van der Waals surface area contributed by atoms with Crippen molar-refractivity contribution in [2.75, 3.05) is 0 Å². The highest BCUT2D eigenvalue weighted by molar-refractivity contribution is 6.17. The third-order valence-electron chi connectivity index (χ3n) is 25.5. The van der Waals surface area contributed by atoms with Gasteiger partial charge in [-0.2, -0.15) is 0 Å². The number of aromatic nitrogens is 8. The molecule has 0 atom stereocenters. The van der Waals surface area contributed by atoms with Crippen LogP contribution >= 0.6 is 0 Å². The molecule has 0 spiro atoms. The van der Waals surface area contributed by atoms with Crippen LogP contribution in [0, 0.1) is 82.5 Å². The minimum Gasteiger partial charge on any atom is -0.455 e. The second-order valence-electron chi connectivity index (χ2n) is 33.4. The quantitative estimate of drug-likeness (QED) is 0.160. The Kier molecular flexibility index (Phi) is 9.93. The normalized spacial score (nSPS) is 21.3. The summed E-state index contributed by atoms with van der Waals surface area (Å²) >= 11 is 0. The molecule has 0 fully saturated rings. The summed E-state index contributed by atoms with van der Waals surface area (Å²) in [5.41, 5.74) is -0.169. The van der Waals surface area contributed by atoms with Crippen LogP contribution in [0.1, 0.15) is 232 Å². The summed E-state index contributed by atoms with van der Waals surface area (Å²) in [5, 5.41) is 3.69. The fourth-order valence-corrected chi connectivity index (χ4v) is 19.2. The zero-order valence-electron chi connectivity index (χ0n) is 118. The Bertz CT molecular complexity index is 9930. The molecule has 12 nitrogen and oxygen atoms in total. The molecule has 8 aromatic carbocycles. The maximum Gasteiger partial charge on any atom is 0.216 e. The zero-order valence-corrected chi connectivity index (χ0v) is 70.0. The lowest BCUT2D eigenvalue weighted by molar-refractivity contribution is -0.660. The number of hydrogen-bond acceptors (Lipinski definition) is 8. The van der Waals surface area contributed by atoms with E-state index in [2.05, 4.69) is 19.9 Å². The molecule has 12 heteroatoms. The van der Waals surface area contributed by atoms with Crippen LogP contribution in [-0.2, 0) is 49.9 Å². The lowest BCUT2D eigenvalue weighted by atomic mass is 9.83. The van der Waals surface area contributed by atoms with Crippen molar-refractivity contribution < 1.29 is 102 Å². The first kappa shape index (κ1) is 44.1. The largest absolute Gasteiger partial charge is 0.455 e. The molecule has 4 aliphatic carbocycles. The lowest BCUT2D eigenvalue weighted by Crippen LogP contribution is -2.31. The molecule has 4 aliphatic rings. The highest BCUT2D eigenvalue weighted by atomic mass is 16.3. The Hall–Kier alpha value is -13.8. The van der Waals surface area contributed by atoms with E-state index in [0.29, 0.717) is 172 Å². The van der Waals surface area contributed by atoms with Crippen molar-refractivity contribution in [1.82, 2.24) is 19.9 Å². The van der Waals surface area contributed by atoms with E-state index in [1.165, 1.54) is 99.7 Å². The van der Waals surface area contributed by atoms with Crippen LogP contribution in [0.4, 0.5) is 0 Å². The molecule has 0 amide bonds. The fourth-order valence-electron chi connectivity index (χ4n) is 19.2. The van der Waals surface area contributed by atoms with Gasteiger partial charge in [-0.15, -0.1) is 0 Å². The summed E-state index contributed by atoms with van der Waals surface area (Å²) in [6.07, 6.45) is 10.6. The monoisotopic (exact) mass is 1730 g/mol. The van der Waals surface area contributed by atoms with Crippen LogP contribution < -0.4 is 18.3 Å². The summed E-state index contributed by atoms with van der Waals surface area (Å²) in [6.45, 7) is -38.3. The first-order chi connectivity index (χ1) is 80.8. The molecular weight excluding hydrogens is 1570 g/mol. The summed E-state index contributed by atoms with van der Waals surface area (Å²) in [6, 6.07) is 45.8. The van der Waals surface area contributed by atoms with Crippen molar-refractivity contribution in [3.8, 4) is 89.5 Å². The van der Waals surface area contributed by atoms with E-state index < -0.39 is 131 Å². The Morgan fingerprint density at radius 3 is 1.18 bits per heavy atom. The van der Waals surface area contributed by atoms with Gasteiger partial charge in [-0.1, -0.05) is 150 Å². The number of hydrogen-bond donors (Lipinski definition) is 0. The van der Waals surface area contributed by atoms with E-state index in [1.54, 1.807) is 181 Å². The van der Waals surface area contributed by atoms with E-state index in [-0.39, 0.29) is 117 Å². The molecule has 24 rings (SSSR count). The minimum absolute atomic E-state index is 0.00573. The second-order valence-corrected chi connectivity index (χ2v) is 33.4. The number of fused-ring (bicyclic) bond motifs is 27. The van der Waals surface area contributed by atoms with Gasteiger partial charge in [0.25, 0.3) is 0 Å². The minimum atomic E-state index is -3.05. The molecule has 128 heavy (non-hydrogen) atoms. The first-order valence-corrected chi connectivity index (χ1v) is 40.8. The molecular formula is C116H108N8O4+4. The Morgan fingerprint density at radius 2 is 0.664 bits per heavy atom. The maximum atomic E-state index is 8.58. The molecule has 0 bridgehead atoms. The number of rotatable bonds is 4. The predicted molar refractivity (Wildman–Crippen MR) is 520 cm³/mol. The average molecular weight is 1730 g/mol. The van der Waals surface area contributed by atoms with Crippen molar-refractivity contribution in [3.05, 3.63) is 331 Å². The Labute approximate surface area is 815 Å². The molecule has 0 saturated heterocycles. The standard InChI is InChI=1S/4C29H27N2O/c1-16-9-10-20-21-12-11-19-22-8-7-13-30-28(22)29(4,5)25(19)27(21)32-26(20)24(16)23-14-17(2)18(3)15-31(23)6;1-16-9-10-19-22-13-23-21(20-8-7-11-30-28(20)29(23,4)5)14-25(22)32-27(19)26(16)24-12-17(2)18(3)15-31(24)6;1-16-11-12-19-21-14-30-28-25(20-9-7-8-10-22(20)29(28,4)5)27(21)32-26(19)24(16)23-13-17(2)18(3)15-31(23)6;1-16-11-12-20-26-28(32-27(20)24(16)23-13-17(2)18(3)15-31(23)6)25-19-9-7-8-10-21(19)29(4,5)22(25)14-30-26/h4*7-15H,1-6H3/q4*+1/i4*2D3,3D3,4D3,5D3. The van der Waals surface area contributed by atoms with Crippen LogP contribution in [0.25, 0.3) is 177 Å². The number of aryl methyl sites for hydroxylation is 16. The van der Waals surface area contributed by atoms with E-state index >= 15 is 0 Å². The fraction of sp³-hybridized carbons (Fsp3) is 0.241. The van der Waals surface area contributed by atoms with Gasteiger partial charge in [0.2, 0.25) is 22.8 Å². The smallest absolute Gasteiger partial charge is 0.216 e. The molecule has 12 aromatic heterocycles. The third kappa shape index (κ3) is 11.9. The summed E-state index contributed by atoms with van der Waals surface area (Å²) < 4.78 is 428. The number of pyridine rings is 8. The van der Waals surface area contributed by atoms with Gasteiger partial charge in [0.05, 0.1) is 39.3 Å². The van der Waals surface area contributed by atoms with Crippen LogP contribution in [0.2, 0.25) is 0 Å². The summed E-state index contributed by atoms with van der Waals surface area (Å²) in [5.74, 6) is 0. The molecule has 0 aliphatic heterocycles. The zero-order chi connectivity index (χ0) is 129. The highest BCUT2D eigenvalue weighted by Crippen LogP contribution is 2.58. The van der Waals surface area contributed by atoms with Crippen molar-refractivity contribution >= 4 is 87.9 Å². The third-order valence-corrected chi connectivity index (χ3v) is 25.5. The number of nitrogens with zero attached hydrogens (tertiary/aromatic N) is 8. The van der Waals surface area contributed by atoms with Gasteiger partial charge in [0, 0.05) is 224 Å². The van der Waals surface area contributed by atoms with Crippen molar-refractivity contribution in [1.29, 1.82) is 0 Å². The Morgan fingerprint density at radius 1 is 0.266 bits per heavy atom. The SMILES string of the molecule is [2H]C([2H])([2H])c1cc(-c2c(C)ccc3c2oc2c4c(ccc23)-c2cccnc2C4(C([2H])([2H])[2H])C([2H])([2H])[2H])[n+](C)cc1C([2H])([2H])[2H].[2H]C([2H])([2H])c1cc(-c2c(C)ccc3c2oc2c4c(cnc23)C(C([2H])([2H])[2H])(C([2H])([2H])[2H])c2ccccc2-4)[n+](C)cc1C([2H])([2H])[2H].[2H]C([2H])([2H])c1cc(-c2c(C)ccc3c2oc2c4c(ncc23)C(C([2H])([2H])[2H])(C([2H])([2H])[2H])c2ccccc2-4)[n+](C)cc1C([2H])([2H])[2H].[2H]C([2H])([2H])c1cc(-c2c(C)ccc3c2oc2cc4c(cc23)C(C([2H])([2H])[2H])(C([2H])([2H])[2H])c2ncccc2-4)[n+](C)cc1C([2H])([2H])[2H]. The molecule has 0 N–H and O–H groups in total. The molecule has 0 radical (unpaired) electrons. The maximum absolute atomic E-state index is 8.58. The van der Waals surface area contributed by atoms with Gasteiger partial charge in [0.15, 0.2) is 36.0 Å². The van der Waals surface area contributed by atoms with Crippen molar-refractivity contribution in [3.63, 3.8) is 0 Å². The molecule has 632 valence electrons. The second kappa shape index (κ2) is 28.8. The van der Waals surface area contributed by atoms with Crippen LogP contribution in [-0.4, -0.2) is 19.9 Å². The van der Waals surface area contributed by atoms with Crippen molar-refractivity contribution in [2.24, 2.45) is 28.2 Å². The van der Waals surface area contributed by atoms with Crippen LogP contribution in [0.15, 0.2) is 237 Å². The molecule has 20 aromatic rings. The van der Waals surface area contributed by atoms with Crippen molar-refractivity contribution in [2.45, 2.75) is 159 Å². The molecule has 12 heterocycles. The van der Waals surface area contributed by atoms with E-state index in [0.717, 1.165) is 0 Å². The number of benzene rings is 8. The van der Waals surface area contributed by atoms with E-state index in [1.807, 2.05) is 13.0 Å². The van der Waals surface area contributed by atoms with Crippen LogP contribution in [0.5, 0.6) is 0 Å². The van der Waals surface area contributed by atoms with E-state index in [9.17, 15) is 0 Å². The topological polar surface area (TPSA) is 120 Å². The average Bonchev–Trinajstić information content (AvgIpc) is 1.52. The highest BCUT2D eigenvalue weighted by Gasteiger charge is 2.44. The first-order valence-electron chi connectivity index (χ1n) is 64.8. The van der Waals surface area contributed by atoms with Gasteiger partial charge >= 0.3 is 0 Å². The van der Waals surface area contributed by atoms with Gasteiger partial charge < -0.3 is 17.7 Å². The lowest BCUT2D eigenvalue weighted by Gasteiger charge is -2.20. The molecule has 0 saturated carbocycles. The Balaban J connectivity index is 0.000000132. The summed E-state index contributed by atoms with van der Waals surface area (Å²) in [4.78, 5) is 17.7. The number of furan rings is 4. The summed E-state index contributed by atoms with van der Waals surface area (Å²) in [7, 11) is 6.45.